The first-order chi connectivity index (χ1) is 9.91. The molecule has 0 saturated carbocycles. The van der Waals surface area contributed by atoms with Crippen LogP contribution >= 0.6 is 11.6 Å². The third-order valence-corrected chi connectivity index (χ3v) is 3.86. The van der Waals surface area contributed by atoms with Crippen molar-refractivity contribution < 1.29 is 19.6 Å². The molecule has 0 radical (unpaired) electrons. The van der Waals surface area contributed by atoms with Crippen molar-refractivity contribution in [2.75, 3.05) is 13.1 Å². The van der Waals surface area contributed by atoms with Crippen LogP contribution < -0.4 is 0 Å². The van der Waals surface area contributed by atoms with E-state index in [9.17, 15) is 19.7 Å². The van der Waals surface area contributed by atoms with E-state index in [0.29, 0.717) is 19.4 Å². The van der Waals surface area contributed by atoms with E-state index in [1.807, 2.05) is 0 Å². The minimum Gasteiger partial charge on any atom is -0.481 e. The Morgan fingerprint density at radius 2 is 2.14 bits per heavy atom. The predicted octanol–water partition coefficient (Wildman–Crippen LogP) is 2.19. The lowest BCUT2D eigenvalue weighted by molar-refractivity contribution is -0.384. The zero-order valence-corrected chi connectivity index (χ0v) is 11.7. The minimum absolute atomic E-state index is 0.0249. The molecule has 0 spiro atoms. The number of rotatable bonds is 3. The zero-order chi connectivity index (χ0) is 15.6. The first kappa shape index (κ1) is 15.2. The lowest BCUT2D eigenvalue weighted by Gasteiger charge is -2.30. The van der Waals surface area contributed by atoms with E-state index in [2.05, 4.69) is 0 Å². The summed E-state index contributed by atoms with van der Waals surface area (Å²) in [6, 6.07) is 4.01. The molecular formula is C13H13ClN2O5. The van der Waals surface area contributed by atoms with Crippen molar-refractivity contribution in [3.63, 3.8) is 0 Å². The number of carboxylic acids is 1. The van der Waals surface area contributed by atoms with Crippen LogP contribution in [0.2, 0.25) is 5.02 Å². The number of carboxylic acid groups (broad SMARTS) is 1. The number of aliphatic carboxylic acids is 1. The highest BCUT2D eigenvalue weighted by atomic mass is 35.5. The molecule has 112 valence electrons. The standard InChI is InChI=1S/C13H13ClN2O5/c14-11-9(4-1-5-10(11)16(20)21)12(17)15-6-2-3-8(7-15)13(18)19/h1,4-5,8H,2-3,6-7H2,(H,18,19)/t8-/m0/s1. The first-order valence-corrected chi connectivity index (χ1v) is 6.74. The van der Waals surface area contributed by atoms with Crippen LogP contribution in [0.5, 0.6) is 0 Å². The van der Waals surface area contributed by atoms with Gasteiger partial charge in [0.1, 0.15) is 5.02 Å². The summed E-state index contributed by atoms with van der Waals surface area (Å²) in [6.07, 6.45) is 1.09. The molecule has 1 aromatic rings. The summed E-state index contributed by atoms with van der Waals surface area (Å²) >= 11 is 5.91. The van der Waals surface area contributed by atoms with Crippen molar-refractivity contribution in [1.29, 1.82) is 0 Å². The quantitative estimate of drug-likeness (QED) is 0.681. The Bertz CT molecular complexity index is 604. The summed E-state index contributed by atoms with van der Waals surface area (Å²) < 4.78 is 0. The predicted molar refractivity (Wildman–Crippen MR) is 74.4 cm³/mol. The molecule has 0 unspecified atom stereocenters. The average Bonchev–Trinajstić information content (AvgIpc) is 2.46. The number of hydrogen-bond donors (Lipinski definition) is 1. The molecule has 0 aromatic heterocycles. The van der Waals surface area contributed by atoms with Gasteiger partial charge in [-0.25, -0.2) is 0 Å². The molecule has 1 heterocycles. The van der Waals surface area contributed by atoms with Gasteiger partial charge in [-0.3, -0.25) is 19.7 Å². The van der Waals surface area contributed by atoms with Crippen molar-refractivity contribution in [1.82, 2.24) is 4.90 Å². The van der Waals surface area contributed by atoms with E-state index >= 15 is 0 Å². The molecule has 2 rings (SSSR count). The van der Waals surface area contributed by atoms with Crippen molar-refractivity contribution in [2.24, 2.45) is 5.92 Å². The van der Waals surface area contributed by atoms with Crippen LogP contribution in [0.15, 0.2) is 18.2 Å². The molecule has 1 aliphatic heterocycles. The Kier molecular flexibility index (Phi) is 4.42. The molecule has 1 aromatic carbocycles. The number of carbonyl (C=O) groups excluding carboxylic acids is 1. The average molecular weight is 313 g/mol. The Morgan fingerprint density at radius 1 is 1.43 bits per heavy atom. The van der Waals surface area contributed by atoms with E-state index in [1.54, 1.807) is 0 Å². The zero-order valence-electron chi connectivity index (χ0n) is 11.0. The number of nitrogens with zero attached hydrogens (tertiary/aromatic N) is 2. The molecular weight excluding hydrogens is 300 g/mol. The van der Waals surface area contributed by atoms with Gasteiger partial charge in [0.2, 0.25) is 0 Å². The van der Waals surface area contributed by atoms with Gasteiger partial charge in [-0.15, -0.1) is 0 Å². The normalized spacial score (nSPS) is 18.3. The maximum atomic E-state index is 12.4. The van der Waals surface area contributed by atoms with Crippen LogP contribution in [-0.2, 0) is 4.79 Å². The van der Waals surface area contributed by atoms with Gasteiger partial charge in [-0.1, -0.05) is 17.7 Å². The lowest BCUT2D eigenvalue weighted by Crippen LogP contribution is -2.42. The molecule has 1 fully saturated rings. The summed E-state index contributed by atoms with van der Waals surface area (Å²) in [6.45, 7) is 0.509. The van der Waals surface area contributed by atoms with Crippen LogP contribution in [0.1, 0.15) is 23.2 Å². The molecule has 1 saturated heterocycles. The molecule has 0 bridgehead atoms. The Hall–Kier alpha value is -2.15. The van der Waals surface area contributed by atoms with Crippen molar-refractivity contribution in [2.45, 2.75) is 12.8 Å². The number of piperidine rings is 1. The van der Waals surface area contributed by atoms with Gasteiger partial charge in [-0.2, -0.15) is 0 Å². The molecule has 1 atom stereocenters. The molecule has 0 aliphatic carbocycles. The number of nitro benzene ring substituents is 1. The van der Waals surface area contributed by atoms with Crippen molar-refractivity contribution >= 4 is 29.2 Å². The fraction of sp³-hybridized carbons (Fsp3) is 0.385. The van der Waals surface area contributed by atoms with Crippen LogP contribution in [-0.4, -0.2) is 39.9 Å². The SMILES string of the molecule is O=C(O)[C@H]1CCCN(C(=O)c2cccc([N+](=O)[O-])c2Cl)C1. The molecule has 1 aliphatic rings. The number of halogens is 1. The highest BCUT2D eigenvalue weighted by Gasteiger charge is 2.30. The third-order valence-electron chi connectivity index (χ3n) is 3.46. The summed E-state index contributed by atoms with van der Waals surface area (Å²) in [5, 5.41) is 19.6. The number of likely N-dealkylation sites (tertiary alicyclic amines) is 1. The Labute approximate surface area is 125 Å². The number of benzene rings is 1. The van der Waals surface area contributed by atoms with E-state index < -0.39 is 22.7 Å². The topological polar surface area (TPSA) is 101 Å². The second kappa shape index (κ2) is 6.09. The second-order valence-corrected chi connectivity index (χ2v) is 5.20. The van der Waals surface area contributed by atoms with Crippen LogP contribution in [0, 0.1) is 16.0 Å². The fourth-order valence-corrected chi connectivity index (χ4v) is 2.64. The van der Waals surface area contributed by atoms with Gasteiger partial charge in [0.05, 0.1) is 16.4 Å². The van der Waals surface area contributed by atoms with Gasteiger partial charge < -0.3 is 10.0 Å². The summed E-state index contributed by atoms with van der Waals surface area (Å²) in [7, 11) is 0. The number of amides is 1. The van der Waals surface area contributed by atoms with Gasteiger partial charge in [0.15, 0.2) is 0 Å². The molecule has 1 amide bonds. The van der Waals surface area contributed by atoms with Crippen LogP contribution in [0.3, 0.4) is 0 Å². The van der Waals surface area contributed by atoms with E-state index in [1.165, 1.54) is 23.1 Å². The second-order valence-electron chi connectivity index (χ2n) is 4.82. The third kappa shape index (κ3) is 3.13. The van der Waals surface area contributed by atoms with Gasteiger partial charge in [0, 0.05) is 19.2 Å². The molecule has 21 heavy (non-hydrogen) atoms. The smallest absolute Gasteiger partial charge is 0.308 e. The van der Waals surface area contributed by atoms with E-state index in [0.717, 1.165) is 0 Å². The number of nitro groups is 1. The van der Waals surface area contributed by atoms with E-state index in [-0.39, 0.29) is 22.8 Å². The largest absolute Gasteiger partial charge is 0.481 e. The lowest BCUT2D eigenvalue weighted by atomic mass is 9.97. The molecule has 8 heteroatoms. The maximum Gasteiger partial charge on any atom is 0.308 e. The minimum atomic E-state index is -0.947. The first-order valence-electron chi connectivity index (χ1n) is 6.36. The van der Waals surface area contributed by atoms with Crippen LogP contribution in [0.25, 0.3) is 0 Å². The summed E-state index contributed by atoms with van der Waals surface area (Å²) in [4.78, 5) is 35.0. The van der Waals surface area contributed by atoms with Crippen molar-refractivity contribution in [3.8, 4) is 0 Å². The van der Waals surface area contributed by atoms with E-state index in [4.69, 9.17) is 16.7 Å². The fourth-order valence-electron chi connectivity index (χ4n) is 2.36. The summed E-state index contributed by atoms with van der Waals surface area (Å²) in [5.41, 5.74) is -0.314. The highest BCUT2D eigenvalue weighted by Crippen LogP contribution is 2.29. The van der Waals surface area contributed by atoms with Crippen LogP contribution in [0.4, 0.5) is 5.69 Å². The highest BCUT2D eigenvalue weighted by molar-refractivity contribution is 6.35. The maximum absolute atomic E-state index is 12.4. The molecule has 1 N–H and O–H groups in total. The summed E-state index contributed by atoms with van der Waals surface area (Å²) in [5.74, 6) is -2.03. The van der Waals surface area contributed by atoms with Gasteiger partial charge in [0.25, 0.3) is 11.6 Å². The van der Waals surface area contributed by atoms with Gasteiger partial charge in [-0.05, 0) is 18.9 Å². The Morgan fingerprint density at radius 3 is 2.76 bits per heavy atom. The monoisotopic (exact) mass is 312 g/mol. The van der Waals surface area contributed by atoms with Crippen molar-refractivity contribution in [3.05, 3.63) is 38.9 Å². The van der Waals surface area contributed by atoms with Gasteiger partial charge >= 0.3 is 5.97 Å². The Balaban J connectivity index is 2.26. The number of hydrogen-bond acceptors (Lipinski definition) is 4. The molecule has 7 nitrogen and oxygen atoms in total. The number of carbonyl (C=O) groups is 2.